The van der Waals surface area contributed by atoms with E-state index in [0.717, 1.165) is 5.57 Å². The van der Waals surface area contributed by atoms with E-state index in [2.05, 4.69) is 6.58 Å². The Labute approximate surface area is 273 Å². The van der Waals surface area contributed by atoms with Crippen molar-refractivity contribution in [3.05, 3.63) is 12.2 Å². The lowest BCUT2D eigenvalue weighted by atomic mass is 9.40. The first kappa shape index (κ1) is 36.1. The average molecular weight is 691 g/mol. The summed E-state index contributed by atoms with van der Waals surface area (Å²) in [5.74, 6) is -5.21. The number of fused-ring (bicyclic) bond motifs is 3. The molecular weight excluding hydrogens is 644 g/mol. The number of esters is 1. The molecule has 1 aliphatic heterocycles. The van der Waals surface area contributed by atoms with Gasteiger partial charge in [0.25, 0.3) is 0 Å². The van der Waals surface area contributed by atoms with E-state index in [1.165, 1.54) is 0 Å². The van der Waals surface area contributed by atoms with Crippen LogP contribution in [0.25, 0.3) is 0 Å². The van der Waals surface area contributed by atoms with Crippen molar-refractivity contribution < 1.29 is 71.3 Å². The molecule has 2 bridgehead atoms. The molecule has 266 valence electrons. The summed E-state index contributed by atoms with van der Waals surface area (Å²) in [7, 11) is -5.26. The molecule has 15 nitrogen and oxygen atoms in total. The third-order valence-electron chi connectivity index (χ3n) is 11.8. The molecule has 12 atom stereocenters. The van der Waals surface area contributed by atoms with Gasteiger partial charge in [-0.05, 0) is 73.2 Å². The second-order valence-corrected chi connectivity index (χ2v) is 15.9. The number of aliphatic hydroxyl groups is 3. The topological polar surface area (TPSA) is 244 Å². The third kappa shape index (κ3) is 6.02. The van der Waals surface area contributed by atoms with Gasteiger partial charge in [0.15, 0.2) is 17.8 Å². The predicted molar refractivity (Wildman–Crippen MR) is 159 cm³/mol. The largest absolute Gasteiger partial charge is 0.480 e. The van der Waals surface area contributed by atoms with Gasteiger partial charge < -0.3 is 39.7 Å². The van der Waals surface area contributed by atoms with Crippen LogP contribution in [0.15, 0.2) is 12.2 Å². The Bertz CT molecular complexity index is 1370. The normalized spacial score (nSPS) is 42.8. The number of aliphatic hydroxyl groups excluding tert-OH is 3. The number of carboxylic acids is 2. The van der Waals surface area contributed by atoms with Crippen molar-refractivity contribution in [3.63, 3.8) is 0 Å². The number of rotatable bonds is 10. The van der Waals surface area contributed by atoms with Crippen molar-refractivity contribution in [1.82, 2.24) is 0 Å². The van der Waals surface area contributed by atoms with Crippen molar-refractivity contribution in [3.8, 4) is 0 Å². The number of carboxylic acid groups (broad SMARTS) is 2. The van der Waals surface area contributed by atoms with Crippen LogP contribution < -0.4 is 0 Å². The van der Waals surface area contributed by atoms with Crippen molar-refractivity contribution >= 4 is 28.3 Å². The van der Waals surface area contributed by atoms with Gasteiger partial charge in [-0.3, -0.25) is 18.9 Å². The van der Waals surface area contributed by atoms with Crippen molar-refractivity contribution in [1.29, 1.82) is 0 Å². The summed E-state index contributed by atoms with van der Waals surface area (Å²) < 4.78 is 55.4. The summed E-state index contributed by atoms with van der Waals surface area (Å²) in [5.41, 5.74) is -3.20. The monoisotopic (exact) mass is 690 g/mol. The van der Waals surface area contributed by atoms with E-state index in [-0.39, 0.29) is 37.0 Å². The molecule has 0 amide bonds. The highest BCUT2D eigenvalue weighted by Crippen LogP contribution is 2.72. The molecular formula is C31H46O15S. The minimum Gasteiger partial charge on any atom is -0.480 e. The zero-order valence-electron chi connectivity index (χ0n) is 26.7. The van der Waals surface area contributed by atoms with Gasteiger partial charge in [0.2, 0.25) is 0 Å². The van der Waals surface area contributed by atoms with Gasteiger partial charge in [-0.1, -0.05) is 27.4 Å². The Balaban J connectivity index is 1.55. The fraction of sp³-hybridized carbons (Fsp3) is 0.839. The number of carbonyl (C=O) groups excluding carboxylic acids is 1. The smallest absolute Gasteiger partial charge is 0.397 e. The number of aliphatic carboxylic acids is 2. The van der Waals surface area contributed by atoms with E-state index in [1.54, 1.807) is 13.8 Å². The number of carbonyl (C=O) groups is 3. The molecule has 0 aromatic carbocycles. The third-order valence-corrected chi connectivity index (χ3v) is 12.3. The molecule has 16 heteroatoms. The molecule has 12 unspecified atom stereocenters. The Kier molecular flexibility index (Phi) is 9.69. The van der Waals surface area contributed by atoms with E-state index < -0.39 is 106 Å². The lowest BCUT2D eigenvalue weighted by Gasteiger charge is -2.64. The Morgan fingerprint density at radius 2 is 1.68 bits per heavy atom. The Morgan fingerprint density at radius 1 is 1.02 bits per heavy atom. The fourth-order valence-corrected chi connectivity index (χ4v) is 10.5. The second kappa shape index (κ2) is 12.6. The minimum absolute atomic E-state index is 0.110. The van der Waals surface area contributed by atoms with Gasteiger partial charge in [-0.2, -0.15) is 8.42 Å². The van der Waals surface area contributed by atoms with E-state index in [9.17, 15) is 52.9 Å². The van der Waals surface area contributed by atoms with Crippen LogP contribution in [-0.2, 0) is 43.2 Å². The van der Waals surface area contributed by atoms with Crippen molar-refractivity contribution in [2.45, 2.75) is 115 Å². The highest BCUT2D eigenvalue weighted by atomic mass is 32.3. The van der Waals surface area contributed by atoms with E-state index in [4.69, 9.17) is 18.4 Å². The summed E-state index contributed by atoms with van der Waals surface area (Å²) in [6.45, 7) is 8.52. The summed E-state index contributed by atoms with van der Waals surface area (Å²) in [4.78, 5) is 39.0. The maximum absolute atomic E-state index is 13.1. The van der Waals surface area contributed by atoms with E-state index in [0.29, 0.717) is 25.7 Å². The molecule has 4 saturated carbocycles. The number of ether oxygens (including phenoxy) is 3. The van der Waals surface area contributed by atoms with Gasteiger partial charge in [0.1, 0.15) is 18.3 Å². The SMILES string of the molecule is C=C1C2CCC3C4(C)CC(OC5OC(CO)C(O)C(OS(=O)(=O)O)C5OC(=O)CC(C)C)CC(C(=O)O)(C(=O)O)C4CCC3(C2)C1O. The van der Waals surface area contributed by atoms with Crippen LogP contribution in [0.1, 0.15) is 72.1 Å². The summed E-state index contributed by atoms with van der Waals surface area (Å²) in [5, 5.41) is 53.5. The second-order valence-electron chi connectivity index (χ2n) is 14.8. The zero-order valence-corrected chi connectivity index (χ0v) is 27.5. The molecule has 1 spiro atoms. The molecule has 0 radical (unpaired) electrons. The molecule has 4 aliphatic carbocycles. The van der Waals surface area contributed by atoms with Crippen LogP contribution in [0, 0.1) is 39.9 Å². The predicted octanol–water partition coefficient (Wildman–Crippen LogP) is 1.29. The van der Waals surface area contributed by atoms with Gasteiger partial charge in [0.05, 0.1) is 18.8 Å². The van der Waals surface area contributed by atoms with Crippen LogP contribution in [0.2, 0.25) is 0 Å². The first-order valence-electron chi connectivity index (χ1n) is 16.1. The highest BCUT2D eigenvalue weighted by Gasteiger charge is 2.72. The molecule has 5 aliphatic rings. The van der Waals surface area contributed by atoms with Crippen molar-refractivity contribution in [2.75, 3.05) is 6.61 Å². The van der Waals surface area contributed by atoms with Crippen LogP contribution in [0.4, 0.5) is 0 Å². The van der Waals surface area contributed by atoms with E-state index >= 15 is 0 Å². The molecule has 5 rings (SSSR count). The first-order valence-corrected chi connectivity index (χ1v) is 17.5. The quantitative estimate of drug-likeness (QED) is 0.0622. The minimum atomic E-state index is -5.26. The van der Waals surface area contributed by atoms with Crippen LogP contribution in [0.5, 0.6) is 0 Å². The molecule has 1 saturated heterocycles. The maximum Gasteiger partial charge on any atom is 0.397 e. The Hall–Kier alpha value is -2.18. The van der Waals surface area contributed by atoms with Crippen LogP contribution in [0.3, 0.4) is 0 Å². The maximum atomic E-state index is 13.1. The average Bonchev–Trinajstić information content (AvgIpc) is 3.13. The van der Waals surface area contributed by atoms with Crippen LogP contribution >= 0.6 is 0 Å². The lowest BCUT2D eigenvalue weighted by molar-refractivity contribution is -0.321. The highest BCUT2D eigenvalue weighted by molar-refractivity contribution is 7.80. The molecule has 47 heavy (non-hydrogen) atoms. The molecule has 0 aromatic heterocycles. The zero-order chi connectivity index (χ0) is 34.9. The first-order chi connectivity index (χ1) is 21.8. The van der Waals surface area contributed by atoms with Gasteiger partial charge in [-0.25, -0.2) is 4.18 Å². The summed E-state index contributed by atoms with van der Waals surface area (Å²) in [6, 6.07) is 0. The molecule has 5 fully saturated rings. The summed E-state index contributed by atoms with van der Waals surface area (Å²) in [6.07, 6.45) is -9.11. The Morgan fingerprint density at radius 3 is 2.26 bits per heavy atom. The van der Waals surface area contributed by atoms with Crippen LogP contribution in [-0.4, -0.2) is 106 Å². The number of hydrogen-bond donors (Lipinski definition) is 6. The fourth-order valence-electron chi connectivity index (χ4n) is 10.0. The van der Waals surface area contributed by atoms with Crippen molar-refractivity contribution in [2.24, 2.45) is 39.9 Å². The van der Waals surface area contributed by atoms with E-state index in [1.807, 2.05) is 6.92 Å². The van der Waals surface area contributed by atoms with Gasteiger partial charge >= 0.3 is 28.3 Å². The van der Waals surface area contributed by atoms with Gasteiger partial charge in [0, 0.05) is 18.3 Å². The standard InChI is InChI=1S/C31H46O15S/c1-14(2)9-21(33)45-24-23(46-47(40,41)42)22(34)18(13-32)44-26(24)43-17-11-29(4)19-6-5-16-10-30(19,25(35)15(16)3)8-7-20(29)31(12-17,27(36)37)28(38)39/h14,16-20,22-26,32,34-35H,3,5-13H2,1-2,4H3,(H,36,37)(H,38,39)(H,40,41,42). The molecule has 0 aromatic rings. The lowest BCUT2D eigenvalue weighted by Crippen LogP contribution is -2.66. The number of hydrogen-bond acceptors (Lipinski definition) is 12. The molecule has 6 N–H and O–H groups in total. The van der Waals surface area contributed by atoms with Gasteiger partial charge in [-0.15, -0.1) is 0 Å². The summed E-state index contributed by atoms with van der Waals surface area (Å²) >= 11 is 0. The molecule has 1 heterocycles.